The van der Waals surface area contributed by atoms with Crippen LogP contribution in [0.25, 0.3) is 0 Å². The SMILES string of the molecule is COCCS(=O)C(C)C(=O)c1ccc(Br)cc1. The topological polar surface area (TPSA) is 43.4 Å². The lowest BCUT2D eigenvalue weighted by Crippen LogP contribution is -2.25. The van der Waals surface area contributed by atoms with Gasteiger partial charge in [-0.3, -0.25) is 9.00 Å². The molecule has 17 heavy (non-hydrogen) atoms. The molecule has 2 unspecified atom stereocenters. The molecule has 94 valence electrons. The minimum Gasteiger partial charge on any atom is -0.384 e. The predicted molar refractivity (Wildman–Crippen MR) is 72.8 cm³/mol. The van der Waals surface area contributed by atoms with E-state index in [1.807, 2.05) is 0 Å². The molecule has 1 aromatic carbocycles. The first-order chi connectivity index (χ1) is 8.06. The van der Waals surface area contributed by atoms with Crippen LogP contribution in [0.4, 0.5) is 0 Å². The van der Waals surface area contributed by atoms with Crippen LogP contribution in [0.5, 0.6) is 0 Å². The Morgan fingerprint density at radius 2 is 2.00 bits per heavy atom. The van der Waals surface area contributed by atoms with E-state index in [-0.39, 0.29) is 5.78 Å². The van der Waals surface area contributed by atoms with Crippen LogP contribution in [0, 0.1) is 0 Å². The summed E-state index contributed by atoms with van der Waals surface area (Å²) < 4.78 is 17.6. The van der Waals surface area contributed by atoms with Gasteiger partial charge in [0.1, 0.15) is 0 Å². The van der Waals surface area contributed by atoms with Gasteiger partial charge in [0.2, 0.25) is 0 Å². The lowest BCUT2D eigenvalue weighted by molar-refractivity contribution is 0.0992. The quantitative estimate of drug-likeness (QED) is 0.756. The molecule has 0 amide bonds. The van der Waals surface area contributed by atoms with Crippen molar-refractivity contribution < 1.29 is 13.7 Å². The van der Waals surface area contributed by atoms with Crippen LogP contribution < -0.4 is 0 Å². The second kappa shape index (κ2) is 7.03. The summed E-state index contributed by atoms with van der Waals surface area (Å²) in [6.07, 6.45) is 0. The Bertz CT molecular complexity index is 403. The summed E-state index contributed by atoms with van der Waals surface area (Å²) in [4.78, 5) is 12.0. The van der Waals surface area contributed by atoms with E-state index in [0.717, 1.165) is 4.47 Å². The predicted octanol–water partition coefficient (Wildman–Crippen LogP) is 2.42. The van der Waals surface area contributed by atoms with Crippen LogP contribution in [0.3, 0.4) is 0 Å². The molecule has 0 spiro atoms. The zero-order valence-corrected chi connectivity index (χ0v) is 12.2. The van der Waals surface area contributed by atoms with Gasteiger partial charge in [0.05, 0.1) is 11.9 Å². The fourth-order valence-corrected chi connectivity index (χ4v) is 2.63. The summed E-state index contributed by atoms with van der Waals surface area (Å²) in [5.74, 6) is 0.298. The average Bonchev–Trinajstić information content (AvgIpc) is 2.35. The van der Waals surface area contributed by atoms with Gasteiger partial charge in [-0.1, -0.05) is 28.1 Å². The molecule has 0 N–H and O–H groups in total. The average molecular weight is 319 g/mol. The molecule has 0 aliphatic heterocycles. The second-order valence-electron chi connectivity index (χ2n) is 3.59. The normalized spacial score (nSPS) is 14.3. The number of ketones is 1. The summed E-state index contributed by atoms with van der Waals surface area (Å²) in [5, 5.41) is -0.494. The van der Waals surface area contributed by atoms with E-state index < -0.39 is 16.0 Å². The van der Waals surface area contributed by atoms with Crippen LogP contribution in [0.1, 0.15) is 17.3 Å². The monoisotopic (exact) mass is 318 g/mol. The highest BCUT2D eigenvalue weighted by Crippen LogP contribution is 2.13. The fourth-order valence-electron chi connectivity index (χ4n) is 1.31. The highest BCUT2D eigenvalue weighted by atomic mass is 79.9. The van der Waals surface area contributed by atoms with Crippen molar-refractivity contribution in [3.05, 3.63) is 34.3 Å². The van der Waals surface area contributed by atoms with Gasteiger partial charge in [-0.2, -0.15) is 0 Å². The van der Waals surface area contributed by atoms with Crippen LogP contribution in [-0.2, 0) is 15.5 Å². The smallest absolute Gasteiger partial charge is 0.178 e. The van der Waals surface area contributed by atoms with Gasteiger partial charge in [0, 0.05) is 33.7 Å². The number of hydrogen-bond acceptors (Lipinski definition) is 3. The van der Waals surface area contributed by atoms with Crippen molar-refractivity contribution in [3.63, 3.8) is 0 Å². The van der Waals surface area contributed by atoms with Crippen molar-refractivity contribution in [1.29, 1.82) is 0 Å². The molecule has 0 heterocycles. The van der Waals surface area contributed by atoms with E-state index in [0.29, 0.717) is 17.9 Å². The molecule has 0 fully saturated rings. The van der Waals surface area contributed by atoms with Crippen molar-refractivity contribution in [2.24, 2.45) is 0 Å². The van der Waals surface area contributed by atoms with E-state index in [2.05, 4.69) is 15.9 Å². The van der Waals surface area contributed by atoms with Gasteiger partial charge in [-0.15, -0.1) is 0 Å². The number of halogens is 1. The van der Waals surface area contributed by atoms with Crippen LogP contribution in [0.15, 0.2) is 28.7 Å². The molecule has 3 nitrogen and oxygen atoms in total. The first kappa shape index (κ1) is 14.5. The number of Topliss-reactive ketones (excluding diaryl/α,β-unsaturated/α-hetero) is 1. The van der Waals surface area contributed by atoms with Gasteiger partial charge in [0.15, 0.2) is 5.78 Å². The third-order valence-electron chi connectivity index (χ3n) is 2.38. The molecule has 0 bridgehead atoms. The lowest BCUT2D eigenvalue weighted by atomic mass is 10.1. The molecule has 0 aromatic heterocycles. The molecular formula is C12H15BrO3S. The number of ether oxygens (including phenoxy) is 1. The zero-order chi connectivity index (χ0) is 12.8. The third kappa shape index (κ3) is 4.33. The van der Waals surface area contributed by atoms with Crippen LogP contribution in [-0.4, -0.2) is 34.7 Å². The Morgan fingerprint density at radius 3 is 2.53 bits per heavy atom. The number of hydrogen-bond donors (Lipinski definition) is 0. The maximum absolute atomic E-state index is 12.0. The van der Waals surface area contributed by atoms with Gasteiger partial charge >= 0.3 is 0 Å². The Hall–Kier alpha value is -0.520. The van der Waals surface area contributed by atoms with Crippen molar-refractivity contribution in [1.82, 2.24) is 0 Å². The molecule has 2 atom stereocenters. The number of carbonyl (C=O) groups is 1. The summed E-state index contributed by atoms with van der Waals surface area (Å²) in [6.45, 7) is 2.10. The highest BCUT2D eigenvalue weighted by molar-refractivity contribution is 9.10. The molecule has 1 aromatic rings. The Balaban J connectivity index is 2.69. The van der Waals surface area contributed by atoms with Crippen molar-refractivity contribution >= 4 is 32.5 Å². The molecule has 0 saturated heterocycles. The van der Waals surface area contributed by atoms with Gasteiger partial charge in [0.25, 0.3) is 0 Å². The fraction of sp³-hybridized carbons (Fsp3) is 0.417. The minimum absolute atomic E-state index is 0.0908. The third-order valence-corrected chi connectivity index (χ3v) is 4.48. The molecule has 0 radical (unpaired) electrons. The number of rotatable bonds is 6. The summed E-state index contributed by atoms with van der Waals surface area (Å²) >= 11 is 3.31. The first-order valence-corrected chi connectivity index (χ1v) is 7.39. The second-order valence-corrected chi connectivity index (χ2v) is 6.38. The first-order valence-electron chi connectivity index (χ1n) is 5.22. The van der Waals surface area contributed by atoms with Gasteiger partial charge < -0.3 is 4.74 Å². The van der Waals surface area contributed by atoms with Crippen LogP contribution in [0.2, 0.25) is 0 Å². The largest absolute Gasteiger partial charge is 0.384 e. The standard InChI is InChI=1S/C12H15BrO3S/c1-9(17(15)8-7-16-2)12(14)10-3-5-11(13)6-4-10/h3-6,9H,7-8H2,1-2H3. The molecule has 0 aliphatic carbocycles. The molecule has 0 saturated carbocycles. The van der Waals surface area contributed by atoms with E-state index >= 15 is 0 Å². The van der Waals surface area contributed by atoms with Crippen molar-refractivity contribution in [2.75, 3.05) is 19.5 Å². The Kier molecular flexibility index (Phi) is 6.02. The maximum atomic E-state index is 12.0. The minimum atomic E-state index is -1.19. The van der Waals surface area contributed by atoms with Crippen molar-refractivity contribution in [2.45, 2.75) is 12.2 Å². The van der Waals surface area contributed by atoms with E-state index in [1.165, 1.54) is 0 Å². The van der Waals surface area contributed by atoms with E-state index in [4.69, 9.17) is 4.74 Å². The van der Waals surface area contributed by atoms with Crippen LogP contribution >= 0.6 is 15.9 Å². The molecule has 1 rings (SSSR count). The Morgan fingerprint density at radius 1 is 1.41 bits per heavy atom. The number of benzene rings is 1. The van der Waals surface area contributed by atoms with E-state index in [9.17, 15) is 9.00 Å². The summed E-state index contributed by atoms with van der Waals surface area (Å²) in [6, 6.07) is 7.07. The van der Waals surface area contributed by atoms with E-state index in [1.54, 1.807) is 38.3 Å². The number of carbonyl (C=O) groups excluding carboxylic acids is 1. The van der Waals surface area contributed by atoms with Gasteiger partial charge in [-0.25, -0.2) is 0 Å². The van der Waals surface area contributed by atoms with Crippen molar-refractivity contribution in [3.8, 4) is 0 Å². The number of methoxy groups -OCH3 is 1. The summed E-state index contributed by atoms with van der Waals surface area (Å²) in [7, 11) is 0.367. The highest BCUT2D eigenvalue weighted by Gasteiger charge is 2.20. The van der Waals surface area contributed by atoms with Gasteiger partial charge in [-0.05, 0) is 19.1 Å². The molecule has 0 aliphatic rings. The Labute approximate surface area is 112 Å². The molecule has 5 heteroatoms. The zero-order valence-electron chi connectivity index (χ0n) is 9.81. The lowest BCUT2D eigenvalue weighted by Gasteiger charge is -2.10. The molecular weight excluding hydrogens is 304 g/mol. The summed E-state index contributed by atoms with van der Waals surface area (Å²) in [5.41, 5.74) is 0.589. The maximum Gasteiger partial charge on any atom is 0.178 e.